The Bertz CT molecular complexity index is 177. The molecule has 0 aromatic heterocycles. The molecule has 0 atom stereocenters. The van der Waals surface area contributed by atoms with Gasteiger partial charge in [-0.15, -0.1) is 0 Å². The number of nitriles is 1. The highest BCUT2D eigenvalue weighted by atomic mass is 16.3. The normalized spacial score (nSPS) is 23.4. The predicted molar refractivity (Wildman–Crippen MR) is 46.5 cm³/mol. The Kier molecular flexibility index (Phi) is 3.07. The molecule has 0 aliphatic carbocycles. The second-order valence-corrected chi connectivity index (χ2v) is 3.49. The third-order valence-electron chi connectivity index (χ3n) is 2.64. The van der Waals surface area contributed by atoms with E-state index in [0.29, 0.717) is 0 Å². The minimum absolute atomic E-state index is 0.282. The van der Waals surface area contributed by atoms with E-state index < -0.39 is 5.60 Å². The van der Waals surface area contributed by atoms with Crippen LogP contribution in [0.4, 0.5) is 0 Å². The summed E-state index contributed by atoms with van der Waals surface area (Å²) in [6.45, 7) is 5.01. The first-order valence-electron chi connectivity index (χ1n) is 4.52. The molecule has 0 saturated carbocycles. The number of likely N-dealkylation sites (tertiary alicyclic amines) is 1. The number of nitrogens with zero attached hydrogens (tertiary/aromatic N) is 2. The number of piperidine rings is 1. The molecule has 1 N–H and O–H groups in total. The molecule has 3 nitrogen and oxygen atoms in total. The summed E-state index contributed by atoms with van der Waals surface area (Å²) in [7, 11) is 0. The predicted octanol–water partition coefficient (Wildman–Crippen LogP) is 0.747. The number of hydrogen-bond donors (Lipinski definition) is 1. The lowest BCUT2D eigenvalue weighted by atomic mass is 9.89. The molecule has 68 valence electrons. The lowest BCUT2D eigenvalue weighted by molar-refractivity contribution is -0.0159. The highest BCUT2D eigenvalue weighted by Gasteiger charge is 2.31. The Morgan fingerprint density at radius 3 is 2.50 bits per heavy atom. The molecule has 1 aliphatic heterocycles. The van der Waals surface area contributed by atoms with Crippen LogP contribution in [-0.2, 0) is 0 Å². The van der Waals surface area contributed by atoms with E-state index in [1.807, 2.05) is 6.07 Å². The summed E-state index contributed by atoms with van der Waals surface area (Å²) in [6.07, 6.45) is 1.77. The molecule has 0 amide bonds. The van der Waals surface area contributed by atoms with Gasteiger partial charge < -0.3 is 10.0 Å². The third kappa shape index (κ3) is 2.20. The van der Waals surface area contributed by atoms with Gasteiger partial charge in [0.2, 0.25) is 0 Å². The first-order valence-corrected chi connectivity index (χ1v) is 4.52. The lowest BCUT2D eigenvalue weighted by Gasteiger charge is -2.36. The van der Waals surface area contributed by atoms with Crippen LogP contribution in [0.2, 0.25) is 0 Å². The summed E-state index contributed by atoms with van der Waals surface area (Å²) < 4.78 is 0. The fourth-order valence-electron chi connectivity index (χ4n) is 1.61. The zero-order valence-corrected chi connectivity index (χ0v) is 7.58. The molecule has 3 heteroatoms. The van der Waals surface area contributed by atoms with Crippen molar-refractivity contribution in [1.29, 1.82) is 5.26 Å². The first-order chi connectivity index (χ1) is 5.70. The second-order valence-electron chi connectivity index (χ2n) is 3.49. The van der Waals surface area contributed by atoms with Crippen LogP contribution in [0.25, 0.3) is 0 Å². The molecule has 0 aromatic rings. The highest BCUT2D eigenvalue weighted by Crippen LogP contribution is 2.24. The maximum absolute atomic E-state index is 9.84. The molecule has 1 heterocycles. The summed E-state index contributed by atoms with van der Waals surface area (Å²) in [4.78, 5) is 2.30. The van der Waals surface area contributed by atoms with Gasteiger partial charge in [-0.25, -0.2) is 0 Å². The summed E-state index contributed by atoms with van der Waals surface area (Å²) in [6, 6.07) is 2.04. The van der Waals surface area contributed by atoms with Crippen LogP contribution in [0.1, 0.15) is 26.2 Å². The van der Waals surface area contributed by atoms with Crippen molar-refractivity contribution in [3.8, 4) is 6.07 Å². The average molecular weight is 168 g/mol. The van der Waals surface area contributed by atoms with E-state index in [1.54, 1.807) is 0 Å². The zero-order chi connectivity index (χ0) is 9.03. The Morgan fingerprint density at radius 1 is 1.50 bits per heavy atom. The molecule has 0 radical (unpaired) electrons. The number of aliphatic hydroxyl groups is 1. The Labute approximate surface area is 73.6 Å². The van der Waals surface area contributed by atoms with Gasteiger partial charge in [-0.05, 0) is 19.4 Å². The smallest absolute Gasteiger partial charge is 0.0801 e. The van der Waals surface area contributed by atoms with E-state index >= 15 is 0 Å². The fraction of sp³-hybridized carbons (Fsp3) is 0.889. The van der Waals surface area contributed by atoms with Gasteiger partial charge in [0, 0.05) is 13.1 Å². The molecule has 1 fully saturated rings. The minimum Gasteiger partial charge on any atom is -0.389 e. The van der Waals surface area contributed by atoms with E-state index in [2.05, 4.69) is 11.8 Å². The summed E-state index contributed by atoms with van der Waals surface area (Å²) in [5.41, 5.74) is -0.694. The Hall–Kier alpha value is -0.590. The van der Waals surface area contributed by atoms with E-state index in [1.165, 1.54) is 0 Å². The molecule has 0 spiro atoms. The number of hydrogen-bond acceptors (Lipinski definition) is 3. The van der Waals surface area contributed by atoms with Crippen molar-refractivity contribution in [3.63, 3.8) is 0 Å². The quantitative estimate of drug-likeness (QED) is 0.661. The monoisotopic (exact) mass is 168 g/mol. The molecule has 0 bridgehead atoms. The summed E-state index contributed by atoms with van der Waals surface area (Å²) >= 11 is 0. The van der Waals surface area contributed by atoms with Gasteiger partial charge in [-0.3, -0.25) is 0 Å². The molecule has 1 aliphatic rings. The molecule has 1 saturated heterocycles. The van der Waals surface area contributed by atoms with E-state index in [9.17, 15) is 5.11 Å². The zero-order valence-electron chi connectivity index (χ0n) is 7.58. The molecule has 12 heavy (non-hydrogen) atoms. The summed E-state index contributed by atoms with van der Waals surface area (Å²) in [5, 5.41) is 18.3. The van der Waals surface area contributed by atoms with Gasteiger partial charge in [-0.2, -0.15) is 5.26 Å². The molecule has 1 rings (SSSR count). The van der Waals surface area contributed by atoms with E-state index in [0.717, 1.165) is 32.5 Å². The minimum atomic E-state index is -0.694. The SMILES string of the molecule is CCN1CCC(O)(CC#N)CC1. The summed E-state index contributed by atoms with van der Waals surface area (Å²) in [5.74, 6) is 0. The average Bonchev–Trinajstić information content (AvgIpc) is 2.06. The van der Waals surface area contributed by atoms with Crippen LogP contribution in [0, 0.1) is 11.3 Å². The second kappa shape index (κ2) is 3.88. The Morgan fingerprint density at radius 2 is 2.08 bits per heavy atom. The third-order valence-corrected chi connectivity index (χ3v) is 2.64. The van der Waals surface area contributed by atoms with Crippen LogP contribution < -0.4 is 0 Å². The van der Waals surface area contributed by atoms with Gasteiger partial charge in [0.1, 0.15) is 0 Å². The Balaban J connectivity index is 2.39. The maximum atomic E-state index is 9.84. The van der Waals surface area contributed by atoms with Crippen molar-refractivity contribution in [3.05, 3.63) is 0 Å². The van der Waals surface area contributed by atoms with Gasteiger partial charge in [0.05, 0.1) is 18.1 Å². The van der Waals surface area contributed by atoms with E-state index in [4.69, 9.17) is 5.26 Å². The van der Waals surface area contributed by atoms with Crippen molar-refractivity contribution in [2.75, 3.05) is 19.6 Å². The van der Waals surface area contributed by atoms with Crippen LogP contribution in [0.15, 0.2) is 0 Å². The first kappa shape index (κ1) is 9.50. The van der Waals surface area contributed by atoms with Crippen molar-refractivity contribution in [1.82, 2.24) is 4.90 Å². The van der Waals surface area contributed by atoms with Crippen molar-refractivity contribution in [2.45, 2.75) is 31.8 Å². The standard InChI is InChI=1S/C9H16N2O/c1-2-11-7-4-9(12,3-6-10)5-8-11/h12H,2-5,7-8H2,1H3. The molecular weight excluding hydrogens is 152 g/mol. The van der Waals surface area contributed by atoms with Gasteiger partial charge in [0.25, 0.3) is 0 Å². The molecule has 0 aromatic carbocycles. The van der Waals surface area contributed by atoms with Gasteiger partial charge in [-0.1, -0.05) is 6.92 Å². The largest absolute Gasteiger partial charge is 0.389 e. The van der Waals surface area contributed by atoms with Gasteiger partial charge >= 0.3 is 0 Å². The molecule has 0 unspecified atom stereocenters. The van der Waals surface area contributed by atoms with Gasteiger partial charge in [0.15, 0.2) is 0 Å². The topological polar surface area (TPSA) is 47.3 Å². The van der Waals surface area contributed by atoms with Crippen molar-refractivity contribution in [2.24, 2.45) is 0 Å². The fourth-order valence-corrected chi connectivity index (χ4v) is 1.61. The lowest BCUT2D eigenvalue weighted by Crippen LogP contribution is -2.43. The van der Waals surface area contributed by atoms with Crippen LogP contribution in [-0.4, -0.2) is 35.2 Å². The maximum Gasteiger partial charge on any atom is 0.0801 e. The van der Waals surface area contributed by atoms with Crippen LogP contribution >= 0.6 is 0 Å². The van der Waals surface area contributed by atoms with E-state index in [-0.39, 0.29) is 6.42 Å². The van der Waals surface area contributed by atoms with Crippen molar-refractivity contribution < 1.29 is 5.11 Å². The molecular formula is C9H16N2O. The number of rotatable bonds is 2. The highest BCUT2D eigenvalue weighted by molar-refractivity contribution is 4.92. The van der Waals surface area contributed by atoms with Crippen LogP contribution in [0.5, 0.6) is 0 Å². The van der Waals surface area contributed by atoms with Crippen molar-refractivity contribution >= 4 is 0 Å². The van der Waals surface area contributed by atoms with Crippen LogP contribution in [0.3, 0.4) is 0 Å².